The van der Waals surface area contributed by atoms with Gasteiger partial charge in [0.25, 0.3) is 0 Å². The van der Waals surface area contributed by atoms with Crippen molar-refractivity contribution in [2.45, 2.75) is 32.0 Å². The molecule has 2 aromatic carbocycles. The Kier molecular flexibility index (Phi) is 5.82. The highest BCUT2D eigenvalue weighted by Gasteiger charge is 2.34. The fourth-order valence-corrected chi connectivity index (χ4v) is 4.88. The van der Waals surface area contributed by atoms with Gasteiger partial charge in [-0.1, -0.05) is 6.07 Å². The lowest BCUT2D eigenvalue weighted by Gasteiger charge is -2.39. The lowest BCUT2D eigenvalue weighted by atomic mass is 9.81. The number of alkyl halides is 3. The molecule has 3 heterocycles. The maximum absolute atomic E-state index is 13.1. The van der Waals surface area contributed by atoms with Crippen LogP contribution in [0.1, 0.15) is 30.4 Å². The Morgan fingerprint density at radius 1 is 0.970 bits per heavy atom. The maximum atomic E-state index is 13.1. The van der Waals surface area contributed by atoms with Crippen LogP contribution in [0.5, 0.6) is 17.2 Å². The molecule has 176 valence electrons. The molecule has 2 atom stereocenters. The van der Waals surface area contributed by atoms with Crippen LogP contribution in [0, 0.1) is 11.8 Å². The number of hydrogen-bond donors (Lipinski definition) is 1. The van der Waals surface area contributed by atoms with Crippen LogP contribution in [-0.4, -0.2) is 37.3 Å². The van der Waals surface area contributed by atoms with Gasteiger partial charge < -0.3 is 19.5 Å². The second kappa shape index (κ2) is 8.78. The van der Waals surface area contributed by atoms with E-state index in [1.807, 2.05) is 18.2 Å². The van der Waals surface area contributed by atoms with Crippen molar-refractivity contribution in [3.05, 3.63) is 47.5 Å². The van der Waals surface area contributed by atoms with Crippen LogP contribution >= 0.6 is 0 Å². The molecule has 0 radical (unpaired) electrons. The second-order valence-corrected chi connectivity index (χ2v) is 8.83. The molecule has 1 N–H and O–H groups in total. The van der Waals surface area contributed by atoms with Gasteiger partial charge in [0.15, 0.2) is 11.5 Å². The largest absolute Gasteiger partial charge is 0.491 e. The molecular weight excluding hydrogens is 437 g/mol. The average Bonchev–Trinajstić information content (AvgIpc) is 3.23. The molecule has 6 nitrogen and oxygen atoms in total. The van der Waals surface area contributed by atoms with Crippen LogP contribution in [0.15, 0.2) is 36.4 Å². The van der Waals surface area contributed by atoms with E-state index < -0.39 is 11.7 Å². The third kappa shape index (κ3) is 4.88. The molecule has 2 aromatic rings. The topological polar surface area (TPSA) is 60.0 Å². The van der Waals surface area contributed by atoms with Crippen molar-refractivity contribution in [2.24, 2.45) is 11.8 Å². The van der Waals surface area contributed by atoms with Crippen LogP contribution in [0.2, 0.25) is 0 Å². The Bertz CT molecular complexity index is 1040. The van der Waals surface area contributed by atoms with E-state index in [1.54, 1.807) is 0 Å². The number of benzene rings is 2. The first-order valence-corrected chi connectivity index (χ1v) is 11.1. The number of piperidine rings is 1. The zero-order chi connectivity index (χ0) is 23.0. The number of nitrogens with one attached hydrogen (secondary N) is 1. The Balaban J connectivity index is 1.27. The van der Waals surface area contributed by atoms with Crippen LogP contribution in [0.3, 0.4) is 0 Å². The number of nitrogens with zero attached hydrogens (tertiary/aromatic N) is 1. The summed E-state index contributed by atoms with van der Waals surface area (Å²) >= 11 is 0. The lowest BCUT2D eigenvalue weighted by molar-refractivity contribution is -0.137. The van der Waals surface area contributed by atoms with Crippen LogP contribution in [-0.2, 0) is 17.5 Å². The molecule has 9 heteroatoms. The summed E-state index contributed by atoms with van der Waals surface area (Å²) in [6.45, 7) is 3.08. The number of rotatable bonds is 2. The van der Waals surface area contributed by atoms with Crippen molar-refractivity contribution < 1.29 is 32.2 Å². The number of anilines is 1. The van der Waals surface area contributed by atoms with Crippen LogP contribution in [0.25, 0.3) is 0 Å². The van der Waals surface area contributed by atoms with Gasteiger partial charge in [-0.25, -0.2) is 0 Å². The summed E-state index contributed by atoms with van der Waals surface area (Å²) in [5.74, 6) is 1.93. The molecule has 5 rings (SSSR count). The first kappa shape index (κ1) is 21.9. The summed E-state index contributed by atoms with van der Waals surface area (Å²) in [7, 11) is 0. The molecule has 3 aliphatic rings. The number of amides is 1. The summed E-state index contributed by atoms with van der Waals surface area (Å²) in [5, 5.41) is 2.65. The van der Waals surface area contributed by atoms with E-state index in [0.29, 0.717) is 6.61 Å². The van der Waals surface area contributed by atoms with Gasteiger partial charge in [-0.05, 0) is 67.1 Å². The third-order valence-electron chi connectivity index (χ3n) is 6.59. The van der Waals surface area contributed by atoms with E-state index in [4.69, 9.17) is 14.2 Å². The molecule has 1 fully saturated rings. The maximum Gasteiger partial charge on any atom is 0.416 e. The summed E-state index contributed by atoms with van der Waals surface area (Å²) in [6, 6.07) is 9.17. The van der Waals surface area contributed by atoms with Gasteiger partial charge in [0.05, 0.1) is 17.9 Å². The summed E-state index contributed by atoms with van der Waals surface area (Å²) in [5.41, 5.74) is 0.409. The first-order valence-electron chi connectivity index (χ1n) is 11.1. The molecule has 0 saturated carbocycles. The zero-order valence-electron chi connectivity index (χ0n) is 18.0. The van der Waals surface area contributed by atoms with Crippen molar-refractivity contribution >= 4 is 11.6 Å². The molecule has 0 spiro atoms. The van der Waals surface area contributed by atoms with Crippen molar-refractivity contribution in [2.75, 3.05) is 31.8 Å². The van der Waals surface area contributed by atoms with Crippen molar-refractivity contribution in [1.82, 2.24) is 4.90 Å². The smallest absolute Gasteiger partial charge is 0.416 e. The van der Waals surface area contributed by atoms with Gasteiger partial charge >= 0.3 is 6.18 Å². The van der Waals surface area contributed by atoms with Crippen molar-refractivity contribution in [3.63, 3.8) is 0 Å². The normalized spacial score (nSPS) is 23.2. The molecule has 0 bridgehead atoms. The third-order valence-corrected chi connectivity index (χ3v) is 6.59. The van der Waals surface area contributed by atoms with Gasteiger partial charge in [0, 0.05) is 19.5 Å². The molecule has 1 amide bonds. The van der Waals surface area contributed by atoms with Gasteiger partial charge in [0.1, 0.15) is 5.75 Å². The molecule has 3 aliphatic heterocycles. The monoisotopic (exact) mass is 462 g/mol. The van der Waals surface area contributed by atoms with Crippen molar-refractivity contribution in [3.8, 4) is 17.2 Å². The van der Waals surface area contributed by atoms with Gasteiger partial charge in [-0.3, -0.25) is 9.69 Å². The van der Waals surface area contributed by atoms with E-state index in [2.05, 4.69) is 10.2 Å². The standard InChI is InChI=1S/C24H25F3N2O4/c25-24(26,27)18-2-4-20-19(11-18)28-23(30)10-16-5-7-29(13-17(16)6-8-31-20)12-15-1-3-21-22(9-15)33-14-32-21/h1-4,9,11,16-17H,5-8,10,12-14H2,(H,28,30)/t16-,17-/m0/s1. The number of carbonyl (C=O) groups excluding carboxylic acids is 1. The Morgan fingerprint density at radius 2 is 1.79 bits per heavy atom. The highest BCUT2D eigenvalue weighted by Crippen LogP contribution is 2.38. The Labute approximate surface area is 189 Å². The quantitative estimate of drug-likeness (QED) is 0.702. The lowest BCUT2D eigenvalue weighted by Crippen LogP contribution is -2.42. The molecule has 0 aromatic heterocycles. The Hall–Kier alpha value is -2.94. The minimum atomic E-state index is -4.48. The summed E-state index contributed by atoms with van der Waals surface area (Å²) < 4.78 is 55.9. The number of likely N-dealkylation sites (tertiary alicyclic amines) is 1. The second-order valence-electron chi connectivity index (χ2n) is 8.83. The molecule has 1 saturated heterocycles. The number of halogens is 3. The zero-order valence-corrected chi connectivity index (χ0v) is 18.0. The minimum absolute atomic E-state index is 0.0773. The number of carbonyl (C=O) groups is 1. The summed E-state index contributed by atoms with van der Waals surface area (Å²) in [6.07, 6.45) is -2.61. The van der Waals surface area contributed by atoms with E-state index >= 15 is 0 Å². The SMILES string of the molecule is O=C1C[C@@H]2CCN(Cc3ccc4c(c3)OCO4)C[C@@H]2CCOc2ccc(C(F)(F)F)cc2N1. The number of hydrogen-bond acceptors (Lipinski definition) is 5. The van der Waals surface area contributed by atoms with E-state index in [9.17, 15) is 18.0 Å². The molecular formula is C24H25F3N2O4. The molecule has 0 aliphatic carbocycles. The molecule has 0 unspecified atom stereocenters. The predicted octanol–water partition coefficient (Wildman–Crippen LogP) is 4.68. The van der Waals surface area contributed by atoms with Gasteiger partial charge in [0.2, 0.25) is 12.7 Å². The predicted molar refractivity (Wildman–Crippen MR) is 114 cm³/mol. The Morgan fingerprint density at radius 3 is 2.64 bits per heavy atom. The van der Waals surface area contributed by atoms with Crippen LogP contribution in [0.4, 0.5) is 18.9 Å². The van der Waals surface area contributed by atoms with E-state index in [0.717, 1.165) is 61.7 Å². The van der Waals surface area contributed by atoms with Crippen molar-refractivity contribution in [1.29, 1.82) is 0 Å². The fourth-order valence-electron chi connectivity index (χ4n) is 4.88. The number of fused-ring (bicyclic) bond motifs is 3. The average molecular weight is 462 g/mol. The van der Waals surface area contributed by atoms with Crippen LogP contribution < -0.4 is 19.5 Å². The van der Waals surface area contributed by atoms with Gasteiger partial charge in [-0.2, -0.15) is 13.2 Å². The minimum Gasteiger partial charge on any atom is -0.491 e. The number of ether oxygens (including phenoxy) is 3. The van der Waals surface area contributed by atoms with E-state index in [1.165, 1.54) is 6.07 Å². The highest BCUT2D eigenvalue weighted by atomic mass is 19.4. The first-order chi connectivity index (χ1) is 15.8. The summed E-state index contributed by atoms with van der Waals surface area (Å²) in [4.78, 5) is 15.0. The highest BCUT2D eigenvalue weighted by molar-refractivity contribution is 5.92. The molecule has 33 heavy (non-hydrogen) atoms. The van der Waals surface area contributed by atoms with E-state index in [-0.39, 0.29) is 42.4 Å². The fraction of sp³-hybridized carbons (Fsp3) is 0.458. The van der Waals surface area contributed by atoms with Gasteiger partial charge in [-0.15, -0.1) is 0 Å².